The number of benzene rings is 1. The van der Waals surface area contributed by atoms with Crippen LogP contribution in [0.15, 0.2) is 17.1 Å². The summed E-state index contributed by atoms with van der Waals surface area (Å²) in [5, 5.41) is 9.39. The SMILES string of the molecule is CC[C@@H]1CCN(c2c(F)cc3c(=O)c(C(=O)O)cn4c3c2OCC4C)CC1N. The summed E-state index contributed by atoms with van der Waals surface area (Å²) in [6.07, 6.45) is 3.17. The van der Waals surface area contributed by atoms with Crippen LogP contribution in [0.2, 0.25) is 0 Å². The first-order valence-electron chi connectivity index (χ1n) is 9.61. The highest BCUT2D eigenvalue weighted by Crippen LogP contribution is 2.42. The Kier molecular flexibility index (Phi) is 4.53. The Morgan fingerprint density at radius 2 is 2.21 bits per heavy atom. The lowest BCUT2D eigenvalue weighted by molar-refractivity contribution is 0.0694. The molecule has 3 heterocycles. The zero-order valence-electron chi connectivity index (χ0n) is 15.9. The molecule has 3 atom stereocenters. The molecule has 28 heavy (non-hydrogen) atoms. The lowest BCUT2D eigenvalue weighted by atomic mass is 9.89. The average Bonchev–Trinajstić information content (AvgIpc) is 2.65. The van der Waals surface area contributed by atoms with Gasteiger partial charge in [0.2, 0.25) is 5.43 Å². The van der Waals surface area contributed by atoms with Gasteiger partial charge in [-0.3, -0.25) is 4.79 Å². The number of carbonyl (C=O) groups is 1. The number of carboxylic acid groups (broad SMARTS) is 1. The van der Waals surface area contributed by atoms with Gasteiger partial charge in [-0.15, -0.1) is 0 Å². The van der Waals surface area contributed by atoms with Crippen molar-refractivity contribution in [3.8, 4) is 5.75 Å². The van der Waals surface area contributed by atoms with Crippen molar-refractivity contribution >= 4 is 22.6 Å². The predicted molar refractivity (Wildman–Crippen MR) is 104 cm³/mol. The molecule has 0 spiro atoms. The number of hydrogen-bond acceptors (Lipinski definition) is 5. The monoisotopic (exact) mass is 389 g/mol. The maximum Gasteiger partial charge on any atom is 0.341 e. The van der Waals surface area contributed by atoms with E-state index in [1.54, 1.807) is 4.57 Å². The van der Waals surface area contributed by atoms with Crippen LogP contribution in [0.5, 0.6) is 5.75 Å². The van der Waals surface area contributed by atoms with E-state index in [4.69, 9.17) is 10.5 Å². The van der Waals surface area contributed by atoms with Crippen LogP contribution >= 0.6 is 0 Å². The van der Waals surface area contributed by atoms with E-state index in [9.17, 15) is 14.7 Å². The average molecular weight is 389 g/mol. The van der Waals surface area contributed by atoms with Crippen molar-refractivity contribution in [3.05, 3.63) is 33.9 Å². The fourth-order valence-corrected chi connectivity index (χ4v) is 4.40. The van der Waals surface area contributed by atoms with E-state index in [0.29, 0.717) is 36.0 Å². The van der Waals surface area contributed by atoms with Crippen LogP contribution in [0.25, 0.3) is 10.9 Å². The van der Waals surface area contributed by atoms with Crippen LogP contribution in [-0.2, 0) is 0 Å². The summed E-state index contributed by atoms with van der Waals surface area (Å²) < 4.78 is 22.8. The molecule has 2 aromatic rings. The molecule has 2 aliphatic heterocycles. The zero-order valence-corrected chi connectivity index (χ0v) is 15.9. The number of carboxylic acids is 1. The molecule has 4 rings (SSSR count). The number of nitrogens with zero attached hydrogens (tertiary/aromatic N) is 2. The highest BCUT2D eigenvalue weighted by molar-refractivity contribution is 5.97. The summed E-state index contributed by atoms with van der Waals surface area (Å²) in [5.41, 5.74) is 5.96. The fraction of sp³-hybridized carbons (Fsp3) is 0.500. The maximum atomic E-state index is 15.2. The summed E-state index contributed by atoms with van der Waals surface area (Å²) >= 11 is 0. The number of aromatic nitrogens is 1. The van der Waals surface area contributed by atoms with Crippen molar-refractivity contribution in [2.24, 2.45) is 11.7 Å². The number of nitrogens with two attached hydrogens (primary N) is 1. The smallest absolute Gasteiger partial charge is 0.341 e. The number of hydrogen-bond donors (Lipinski definition) is 2. The first kappa shape index (κ1) is 18.7. The number of rotatable bonds is 3. The minimum atomic E-state index is -1.33. The Morgan fingerprint density at radius 1 is 1.46 bits per heavy atom. The second-order valence-corrected chi connectivity index (χ2v) is 7.74. The molecule has 2 unspecified atom stereocenters. The third-order valence-corrected chi connectivity index (χ3v) is 6.02. The quantitative estimate of drug-likeness (QED) is 0.836. The van der Waals surface area contributed by atoms with Gasteiger partial charge in [0.15, 0.2) is 11.6 Å². The molecular formula is C20H24FN3O4. The third-order valence-electron chi connectivity index (χ3n) is 6.02. The normalized spacial score (nSPS) is 24.3. The molecule has 1 saturated heterocycles. The van der Waals surface area contributed by atoms with Gasteiger partial charge < -0.3 is 25.0 Å². The van der Waals surface area contributed by atoms with Crippen LogP contribution in [-0.4, -0.2) is 41.4 Å². The van der Waals surface area contributed by atoms with E-state index in [-0.39, 0.29) is 29.6 Å². The van der Waals surface area contributed by atoms with Crippen molar-refractivity contribution in [2.75, 3.05) is 24.6 Å². The van der Waals surface area contributed by atoms with Gasteiger partial charge in [-0.05, 0) is 25.3 Å². The van der Waals surface area contributed by atoms with E-state index in [1.165, 1.54) is 6.20 Å². The van der Waals surface area contributed by atoms with Crippen molar-refractivity contribution in [3.63, 3.8) is 0 Å². The van der Waals surface area contributed by atoms with Gasteiger partial charge in [0.1, 0.15) is 17.9 Å². The molecule has 0 radical (unpaired) electrons. The molecular weight excluding hydrogens is 365 g/mol. The summed E-state index contributed by atoms with van der Waals surface area (Å²) in [6.45, 7) is 5.38. The summed E-state index contributed by atoms with van der Waals surface area (Å²) in [4.78, 5) is 26.0. The van der Waals surface area contributed by atoms with E-state index >= 15 is 4.39 Å². The topological polar surface area (TPSA) is 97.8 Å². The first-order valence-corrected chi connectivity index (χ1v) is 9.61. The lowest BCUT2D eigenvalue weighted by Crippen LogP contribution is -2.48. The molecule has 3 N–H and O–H groups in total. The van der Waals surface area contributed by atoms with Gasteiger partial charge in [0, 0.05) is 25.3 Å². The Bertz CT molecular complexity index is 1020. The van der Waals surface area contributed by atoms with Gasteiger partial charge in [-0.1, -0.05) is 13.3 Å². The van der Waals surface area contributed by atoms with Gasteiger partial charge in [-0.2, -0.15) is 0 Å². The molecule has 1 aromatic carbocycles. The number of piperidine rings is 1. The molecule has 0 aliphatic carbocycles. The van der Waals surface area contributed by atoms with Crippen molar-refractivity contribution < 1.29 is 19.0 Å². The molecule has 1 aromatic heterocycles. The molecule has 1 fully saturated rings. The minimum absolute atomic E-state index is 0.0236. The minimum Gasteiger partial charge on any atom is -0.487 e. The van der Waals surface area contributed by atoms with Crippen LogP contribution in [0.4, 0.5) is 10.1 Å². The Labute approximate surface area is 161 Å². The highest BCUT2D eigenvalue weighted by Gasteiger charge is 2.33. The number of pyridine rings is 1. The summed E-state index contributed by atoms with van der Waals surface area (Å²) in [6, 6.07) is 0.887. The second-order valence-electron chi connectivity index (χ2n) is 7.74. The van der Waals surface area contributed by atoms with Crippen LogP contribution in [0.3, 0.4) is 0 Å². The third kappa shape index (κ3) is 2.74. The van der Waals surface area contributed by atoms with E-state index in [1.807, 2.05) is 11.8 Å². The van der Waals surface area contributed by atoms with Gasteiger partial charge in [-0.25, -0.2) is 9.18 Å². The lowest BCUT2D eigenvalue weighted by Gasteiger charge is -2.39. The Hall–Kier alpha value is -2.61. The first-order chi connectivity index (χ1) is 13.3. The van der Waals surface area contributed by atoms with E-state index in [2.05, 4.69) is 6.92 Å². The van der Waals surface area contributed by atoms with Gasteiger partial charge >= 0.3 is 5.97 Å². The maximum absolute atomic E-state index is 15.2. The van der Waals surface area contributed by atoms with E-state index in [0.717, 1.165) is 18.9 Å². The van der Waals surface area contributed by atoms with Crippen molar-refractivity contribution in [1.82, 2.24) is 4.57 Å². The van der Waals surface area contributed by atoms with Crippen LogP contribution in [0, 0.1) is 11.7 Å². The van der Waals surface area contributed by atoms with Crippen LogP contribution < -0.4 is 20.8 Å². The second kappa shape index (κ2) is 6.77. The van der Waals surface area contributed by atoms with Gasteiger partial charge in [0.05, 0.1) is 16.9 Å². The Morgan fingerprint density at radius 3 is 2.86 bits per heavy atom. The largest absolute Gasteiger partial charge is 0.487 e. The van der Waals surface area contributed by atoms with Crippen molar-refractivity contribution in [2.45, 2.75) is 38.8 Å². The molecule has 2 aliphatic rings. The molecule has 150 valence electrons. The molecule has 0 amide bonds. The molecule has 7 nitrogen and oxygen atoms in total. The van der Waals surface area contributed by atoms with Gasteiger partial charge in [0.25, 0.3) is 0 Å². The molecule has 0 saturated carbocycles. The number of aromatic carboxylic acids is 1. The number of anilines is 1. The fourth-order valence-electron chi connectivity index (χ4n) is 4.40. The Balaban J connectivity index is 1.94. The van der Waals surface area contributed by atoms with Crippen LogP contribution in [0.1, 0.15) is 43.1 Å². The predicted octanol–water partition coefficient (Wildman–Crippen LogP) is 2.36. The summed E-state index contributed by atoms with van der Waals surface area (Å²) in [7, 11) is 0. The molecule has 8 heteroatoms. The number of halogens is 1. The molecule has 0 bridgehead atoms. The zero-order chi connectivity index (χ0) is 20.2. The summed E-state index contributed by atoms with van der Waals surface area (Å²) in [5.74, 6) is -1.23. The standard InChI is InChI=1S/C20H24FN3O4/c1-3-11-4-5-23(8-15(11)22)17-14(21)6-12-16-19(17)28-9-10(2)24(16)7-13(18(12)25)20(26)27/h6-7,10-11,15H,3-5,8-9,22H2,1-2H3,(H,26,27)/t10?,11-,15?/m1/s1. The van der Waals surface area contributed by atoms with E-state index < -0.39 is 17.2 Å². The number of ether oxygens (including phenoxy) is 1. The highest BCUT2D eigenvalue weighted by atomic mass is 19.1. The van der Waals surface area contributed by atoms with Crippen molar-refractivity contribution in [1.29, 1.82) is 0 Å².